The quantitative estimate of drug-likeness (QED) is 0.815. The van der Waals surface area contributed by atoms with Gasteiger partial charge in [0.05, 0.1) is 19.8 Å². The van der Waals surface area contributed by atoms with Gasteiger partial charge in [-0.25, -0.2) is 9.67 Å². The van der Waals surface area contributed by atoms with Gasteiger partial charge in [-0.05, 0) is 6.92 Å². The van der Waals surface area contributed by atoms with Crippen LogP contribution in [0.3, 0.4) is 0 Å². The highest BCUT2D eigenvalue weighted by Gasteiger charge is 2.56. The Hall–Kier alpha value is -1.47. The third kappa shape index (κ3) is 1.93. The van der Waals surface area contributed by atoms with Crippen LogP contribution in [0.15, 0.2) is 6.33 Å². The molecule has 0 radical (unpaired) electrons. The molecule has 2 atom stereocenters. The highest BCUT2D eigenvalue weighted by molar-refractivity contribution is 5.76. The monoisotopic (exact) mass is 266 g/mol. The van der Waals surface area contributed by atoms with Gasteiger partial charge in [0.2, 0.25) is 0 Å². The molecule has 1 N–H and O–H groups in total. The van der Waals surface area contributed by atoms with Crippen LogP contribution in [0.5, 0.6) is 0 Å². The Bertz CT molecular complexity index is 489. The normalized spacial score (nSPS) is 30.7. The van der Waals surface area contributed by atoms with Crippen molar-refractivity contribution in [2.75, 3.05) is 26.3 Å². The van der Waals surface area contributed by atoms with E-state index in [4.69, 9.17) is 4.74 Å². The second-order valence-electron chi connectivity index (χ2n) is 5.33. The summed E-state index contributed by atoms with van der Waals surface area (Å²) in [7, 11) is 0. The number of ether oxygens (including phenoxy) is 1. The molecule has 2 aliphatic rings. The van der Waals surface area contributed by atoms with E-state index >= 15 is 0 Å². The fraction of sp³-hybridized carbons (Fsp3) is 0.750. The summed E-state index contributed by atoms with van der Waals surface area (Å²) in [6.45, 7) is 5.60. The predicted octanol–water partition coefficient (Wildman–Crippen LogP) is -0.169. The van der Waals surface area contributed by atoms with E-state index in [-0.39, 0.29) is 5.92 Å². The van der Waals surface area contributed by atoms with Crippen molar-refractivity contribution in [2.24, 2.45) is 11.3 Å². The minimum Gasteiger partial charge on any atom is -0.481 e. The maximum Gasteiger partial charge on any atom is 0.313 e. The van der Waals surface area contributed by atoms with Crippen LogP contribution in [0.4, 0.5) is 0 Å². The molecule has 0 saturated carbocycles. The zero-order valence-corrected chi connectivity index (χ0v) is 10.9. The molecular formula is C12H18N4O3. The Morgan fingerprint density at radius 2 is 2.53 bits per heavy atom. The lowest BCUT2D eigenvalue weighted by atomic mass is 9.81. The molecule has 2 saturated heterocycles. The highest BCUT2D eigenvalue weighted by atomic mass is 16.5. The fourth-order valence-electron chi connectivity index (χ4n) is 3.14. The Kier molecular flexibility index (Phi) is 3.02. The number of rotatable bonds is 4. The van der Waals surface area contributed by atoms with Crippen molar-refractivity contribution >= 4 is 5.97 Å². The third-order valence-corrected chi connectivity index (χ3v) is 4.23. The first-order valence-electron chi connectivity index (χ1n) is 6.56. The summed E-state index contributed by atoms with van der Waals surface area (Å²) < 4.78 is 7.21. The van der Waals surface area contributed by atoms with Crippen molar-refractivity contribution in [2.45, 2.75) is 20.0 Å². The smallest absolute Gasteiger partial charge is 0.313 e. The zero-order chi connectivity index (χ0) is 13.5. The number of hydrogen-bond donors (Lipinski definition) is 1. The molecule has 0 bridgehead atoms. The van der Waals surface area contributed by atoms with E-state index in [1.54, 1.807) is 6.33 Å². The molecule has 7 heteroatoms. The average molecular weight is 266 g/mol. The molecule has 0 spiro atoms. The number of carboxylic acid groups (broad SMARTS) is 1. The van der Waals surface area contributed by atoms with Gasteiger partial charge in [0.15, 0.2) is 0 Å². The van der Waals surface area contributed by atoms with E-state index < -0.39 is 11.4 Å². The molecule has 0 amide bonds. The minimum atomic E-state index is -0.741. The number of hydrogen-bond acceptors (Lipinski definition) is 5. The van der Waals surface area contributed by atoms with Crippen LogP contribution in [0.1, 0.15) is 12.7 Å². The summed E-state index contributed by atoms with van der Waals surface area (Å²) in [4.78, 5) is 17.9. The molecular weight excluding hydrogens is 248 g/mol. The number of aliphatic carboxylic acids is 1. The molecule has 7 nitrogen and oxygen atoms in total. The number of carbonyl (C=O) groups is 1. The number of aromatic nitrogens is 3. The largest absolute Gasteiger partial charge is 0.481 e. The van der Waals surface area contributed by atoms with Crippen molar-refractivity contribution < 1.29 is 14.6 Å². The van der Waals surface area contributed by atoms with Crippen LogP contribution < -0.4 is 0 Å². The maximum absolute atomic E-state index is 11.5. The zero-order valence-electron chi connectivity index (χ0n) is 10.9. The molecule has 3 heterocycles. The van der Waals surface area contributed by atoms with Crippen molar-refractivity contribution in [1.29, 1.82) is 0 Å². The maximum atomic E-state index is 11.5. The van der Waals surface area contributed by atoms with Crippen LogP contribution in [0.25, 0.3) is 0 Å². The first-order valence-corrected chi connectivity index (χ1v) is 6.56. The van der Waals surface area contributed by atoms with Gasteiger partial charge in [-0.1, -0.05) is 0 Å². The summed E-state index contributed by atoms with van der Waals surface area (Å²) >= 11 is 0. The lowest BCUT2D eigenvalue weighted by molar-refractivity contribution is -0.149. The predicted molar refractivity (Wildman–Crippen MR) is 65.4 cm³/mol. The topological polar surface area (TPSA) is 80.5 Å². The first kappa shape index (κ1) is 12.6. The van der Waals surface area contributed by atoms with Crippen molar-refractivity contribution in [3.05, 3.63) is 12.2 Å². The number of fused-ring (bicyclic) bond motifs is 1. The number of carboxylic acids is 1. The first-order chi connectivity index (χ1) is 9.15. The van der Waals surface area contributed by atoms with Gasteiger partial charge < -0.3 is 9.84 Å². The fourth-order valence-corrected chi connectivity index (χ4v) is 3.14. The molecule has 0 unspecified atom stereocenters. The summed E-state index contributed by atoms with van der Waals surface area (Å²) in [5.41, 5.74) is -0.725. The number of likely N-dealkylation sites (tertiary alicyclic amines) is 1. The minimum absolute atomic E-state index is 0.0861. The average Bonchev–Trinajstić information content (AvgIpc) is 3.02. The highest BCUT2D eigenvalue weighted by Crippen LogP contribution is 2.41. The van der Waals surface area contributed by atoms with Crippen LogP contribution >= 0.6 is 0 Å². The molecule has 2 aliphatic heterocycles. The molecule has 3 rings (SSSR count). The van der Waals surface area contributed by atoms with E-state index in [1.165, 1.54) is 0 Å². The SMILES string of the molecule is CCn1ncnc1CN1C[C@@H]2COC[C@]2(C(=O)O)C1. The summed E-state index contributed by atoms with van der Waals surface area (Å²) in [6, 6.07) is 0. The van der Waals surface area contributed by atoms with Crippen LogP contribution in [0, 0.1) is 11.3 Å². The van der Waals surface area contributed by atoms with E-state index in [1.807, 2.05) is 11.6 Å². The second-order valence-corrected chi connectivity index (χ2v) is 5.33. The Morgan fingerprint density at radius 1 is 1.68 bits per heavy atom. The van der Waals surface area contributed by atoms with Gasteiger partial charge in [-0.2, -0.15) is 5.10 Å². The van der Waals surface area contributed by atoms with Gasteiger partial charge in [0, 0.05) is 25.6 Å². The van der Waals surface area contributed by atoms with E-state index in [0.29, 0.717) is 26.3 Å². The summed E-state index contributed by atoms with van der Waals surface area (Å²) in [6.07, 6.45) is 1.55. The van der Waals surface area contributed by atoms with Gasteiger partial charge in [0.1, 0.15) is 17.6 Å². The number of nitrogens with zero attached hydrogens (tertiary/aromatic N) is 4. The Balaban J connectivity index is 1.74. The van der Waals surface area contributed by atoms with Gasteiger partial charge in [-0.15, -0.1) is 0 Å². The van der Waals surface area contributed by atoms with Crippen LogP contribution in [-0.4, -0.2) is 57.0 Å². The molecule has 104 valence electrons. The molecule has 0 aliphatic carbocycles. The Morgan fingerprint density at radius 3 is 3.21 bits per heavy atom. The third-order valence-electron chi connectivity index (χ3n) is 4.23. The molecule has 2 fully saturated rings. The van der Waals surface area contributed by atoms with Gasteiger partial charge in [0.25, 0.3) is 0 Å². The lowest BCUT2D eigenvalue weighted by Gasteiger charge is -2.21. The van der Waals surface area contributed by atoms with E-state index in [0.717, 1.165) is 18.9 Å². The van der Waals surface area contributed by atoms with E-state index in [2.05, 4.69) is 15.0 Å². The molecule has 1 aromatic rings. The second kappa shape index (κ2) is 4.57. The molecule has 19 heavy (non-hydrogen) atoms. The van der Waals surface area contributed by atoms with E-state index in [9.17, 15) is 9.90 Å². The van der Waals surface area contributed by atoms with Gasteiger partial charge >= 0.3 is 5.97 Å². The van der Waals surface area contributed by atoms with Crippen molar-refractivity contribution in [1.82, 2.24) is 19.7 Å². The Labute approximate surface area is 111 Å². The van der Waals surface area contributed by atoms with Crippen LogP contribution in [0.2, 0.25) is 0 Å². The summed E-state index contributed by atoms with van der Waals surface area (Å²) in [5, 5.41) is 13.6. The van der Waals surface area contributed by atoms with Crippen molar-refractivity contribution in [3.63, 3.8) is 0 Å². The van der Waals surface area contributed by atoms with Crippen LogP contribution in [-0.2, 0) is 22.6 Å². The standard InChI is InChI=1S/C12H18N4O3/c1-2-16-10(13-8-14-16)4-15-3-9-5-19-7-12(9,6-15)11(17)18/h8-9H,2-7H2,1H3,(H,17,18)/t9-,12-/m1/s1. The molecule has 0 aromatic carbocycles. The molecule has 1 aromatic heterocycles. The number of aryl methyl sites for hydroxylation is 1. The lowest BCUT2D eigenvalue weighted by Crippen LogP contribution is -2.39. The summed E-state index contributed by atoms with van der Waals surface area (Å²) in [5.74, 6) is 0.237. The van der Waals surface area contributed by atoms with Crippen molar-refractivity contribution in [3.8, 4) is 0 Å². The van der Waals surface area contributed by atoms with Gasteiger partial charge in [-0.3, -0.25) is 9.69 Å².